The highest BCUT2D eigenvalue weighted by atomic mass is 16.7. The highest BCUT2D eigenvalue weighted by molar-refractivity contribution is 5.83. The lowest BCUT2D eigenvalue weighted by Gasteiger charge is -2.51. The topological polar surface area (TPSA) is 177 Å². The molecule has 0 radical (unpaired) electrons. The third kappa shape index (κ3) is 11.3. The van der Waals surface area contributed by atoms with Crippen molar-refractivity contribution in [3.05, 3.63) is 23.8 Å². The number of unbranched alkanes of at least 4 members (excludes halogenated alkanes) is 4. The summed E-state index contributed by atoms with van der Waals surface area (Å²) in [7, 11) is 1.22. The fourth-order valence-electron chi connectivity index (χ4n) is 7.18. The van der Waals surface area contributed by atoms with Crippen LogP contribution in [0.15, 0.2) is 23.8 Å². The molecule has 4 aliphatic heterocycles. The summed E-state index contributed by atoms with van der Waals surface area (Å²) in [5.41, 5.74) is -1.04. The predicted octanol–water partition coefficient (Wildman–Crippen LogP) is 3.94. The first-order chi connectivity index (χ1) is 23.8. The molecule has 9 atom stereocenters. The lowest BCUT2D eigenvalue weighted by molar-refractivity contribution is -0.327. The fourth-order valence-corrected chi connectivity index (χ4v) is 7.18. The molecule has 0 unspecified atom stereocenters. The first kappa shape index (κ1) is 40.4. The van der Waals surface area contributed by atoms with E-state index < -0.39 is 66.4 Å². The van der Waals surface area contributed by atoms with Gasteiger partial charge in [-0.1, -0.05) is 52.5 Å². The maximum atomic E-state index is 13.2. The highest BCUT2D eigenvalue weighted by Gasteiger charge is 2.57. The Kier molecular flexibility index (Phi) is 15.3. The number of aliphatic hydroxyl groups excluding tert-OH is 2. The summed E-state index contributed by atoms with van der Waals surface area (Å²) in [4.78, 5) is 38.8. The van der Waals surface area contributed by atoms with E-state index in [0.717, 1.165) is 44.9 Å². The van der Waals surface area contributed by atoms with Gasteiger partial charge in [-0.3, -0.25) is 9.59 Å². The lowest BCUT2D eigenvalue weighted by Crippen LogP contribution is -2.62. The molecule has 6 bridgehead atoms. The van der Waals surface area contributed by atoms with E-state index in [1.165, 1.54) is 13.2 Å². The van der Waals surface area contributed by atoms with Crippen LogP contribution in [0.4, 0.5) is 0 Å². The zero-order chi connectivity index (χ0) is 36.3. The molecule has 50 heavy (non-hydrogen) atoms. The lowest BCUT2D eigenvalue weighted by atomic mass is 9.74. The SMILES string of the molecule is CCCCCCCC(=O)O[C@H]1/C(=C/C(=O)OC)C[C@H]2C[C@H](CO)OC(=O)C[C@@H](O)C[C@@H]3CCC[C@H](C[C@@H]4CO[C@H](/C=C/C(C)(C)[C@]1(O)O2)O4)O3. The zero-order valence-corrected chi connectivity index (χ0v) is 30.1. The van der Waals surface area contributed by atoms with Crippen molar-refractivity contribution in [1.29, 1.82) is 0 Å². The molecule has 0 aromatic carbocycles. The standard InChI is InChI=1S/C37H58O13/c1-5-6-7-8-9-13-31(40)49-35-24(17-32(41)44-4)16-28-21-29(22-38)47-33(42)19-25(39)18-26-11-10-12-27(46-26)20-30-23-45-34(48-30)14-15-36(2,3)37(35,43)50-28/h14-15,17,25-30,34-35,38-39,43H,5-13,16,18-23H2,1-4H3/b15-14+,24-17+/t25-,26-,27+,28-,29+,30+,34-,35-,37+/m0/s1. The van der Waals surface area contributed by atoms with Gasteiger partial charge in [0.05, 0.1) is 57.3 Å². The molecule has 13 nitrogen and oxygen atoms in total. The Balaban J connectivity index is 1.66. The number of aliphatic hydroxyl groups is 3. The van der Waals surface area contributed by atoms with Crippen molar-refractivity contribution in [1.82, 2.24) is 0 Å². The summed E-state index contributed by atoms with van der Waals surface area (Å²) in [6, 6.07) is 0. The first-order valence-corrected chi connectivity index (χ1v) is 18.3. The van der Waals surface area contributed by atoms with Crippen molar-refractivity contribution in [3.8, 4) is 0 Å². The molecule has 284 valence electrons. The second-order valence-corrected chi connectivity index (χ2v) is 14.6. The number of cyclic esters (lactones) is 1. The Morgan fingerprint density at radius 2 is 1.74 bits per heavy atom. The summed E-state index contributed by atoms with van der Waals surface area (Å²) in [6.07, 6.45) is 6.61. The van der Waals surface area contributed by atoms with Crippen LogP contribution in [0.25, 0.3) is 0 Å². The van der Waals surface area contributed by atoms with Gasteiger partial charge in [0.1, 0.15) is 6.10 Å². The van der Waals surface area contributed by atoms with Crippen LogP contribution in [-0.4, -0.2) is 108 Å². The number of fused-ring (bicyclic) bond motifs is 6. The zero-order valence-electron chi connectivity index (χ0n) is 30.1. The van der Waals surface area contributed by atoms with Crippen molar-refractivity contribution in [2.45, 2.75) is 165 Å². The summed E-state index contributed by atoms with van der Waals surface area (Å²) >= 11 is 0. The van der Waals surface area contributed by atoms with Gasteiger partial charge in [-0.2, -0.15) is 0 Å². The second kappa shape index (κ2) is 18.9. The monoisotopic (exact) mass is 710 g/mol. The van der Waals surface area contributed by atoms with Gasteiger partial charge < -0.3 is 48.5 Å². The number of carbonyl (C=O) groups excluding carboxylic acids is 3. The number of esters is 3. The minimum Gasteiger partial charge on any atom is -0.466 e. The Bertz CT molecular complexity index is 1180. The summed E-state index contributed by atoms with van der Waals surface area (Å²) in [6.45, 7) is 5.29. The Hall–Kier alpha value is -2.39. The molecule has 0 aromatic rings. The molecule has 0 spiro atoms. The molecular weight excluding hydrogens is 652 g/mol. The first-order valence-electron chi connectivity index (χ1n) is 18.3. The largest absolute Gasteiger partial charge is 0.466 e. The number of hydrogen-bond acceptors (Lipinski definition) is 13. The van der Waals surface area contributed by atoms with E-state index in [1.54, 1.807) is 26.0 Å². The molecule has 0 aliphatic carbocycles. The van der Waals surface area contributed by atoms with Gasteiger partial charge in [0.15, 0.2) is 12.4 Å². The van der Waals surface area contributed by atoms with Crippen LogP contribution in [0.5, 0.6) is 0 Å². The average Bonchev–Trinajstić information content (AvgIpc) is 3.51. The van der Waals surface area contributed by atoms with Gasteiger partial charge >= 0.3 is 17.9 Å². The molecule has 0 saturated carbocycles. The second-order valence-electron chi connectivity index (χ2n) is 14.6. The molecule has 3 N–H and O–H groups in total. The minimum atomic E-state index is -2.24. The Labute approximate surface area is 295 Å². The smallest absolute Gasteiger partial charge is 0.330 e. The number of rotatable bonds is 9. The van der Waals surface area contributed by atoms with E-state index in [9.17, 15) is 29.7 Å². The third-order valence-corrected chi connectivity index (χ3v) is 10.0. The number of ether oxygens (including phenoxy) is 7. The van der Waals surface area contributed by atoms with Crippen LogP contribution in [0.3, 0.4) is 0 Å². The highest BCUT2D eigenvalue weighted by Crippen LogP contribution is 2.47. The van der Waals surface area contributed by atoms with Crippen LogP contribution in [0, 0.1) is 5.41 Å². The summed E-state index contributed by atoms with van der Waals surface area (Å²) in [5.74, 6) is -4.22. The van der Waals surface area contributed by atoms with E-state index in [1.807, 2.05) is 0 Å². The molecule has 3 fully saturated rings. The van der Waals surface area contributed by atoms with Crippen LogP contribution in [-0.2, 0) is 47.5 Å². The molecule has 4 aliphatic rings. The summed E-state index contributed by atoms with van der Waals surface area (Å²) < 4.78 is 41.2. The van der Waals surface area contributed by atoms with Crippen molar-refractivity contribution >= 4 is 17.9 Å². The van der Waals surface area contributed by atoms with Gasteiger partial charge in [-0.15, -0.1) is 0 Å². The van der Waals surface area contributed by atoms with Gasteiger partial charge in [-0.05, 0) is 43.8 Å². The van der Waals surface area contributed by atoms with Crippen LogP contribution in [0.2, 0.25) is 0 Å². The molecule has 13 heteroatoms. The molecule has 0 aromatic heterocycles. The van der Waals surface area contributed by atoms with E-state index in [0.29, 0.717) is 19.4 Å². The van der Waals surface area contributed by atoms with E-state index in [4.69, 9.17) is 33.2 Å². The minimum absolute atomic E-state index is 0.000953. The Morgan fingerprint density at radius 3 is 2.46 bits per heavy atom. The normalized spacial score (nSPS) is 36.6. The van der Waals surface area contributed by atoms with Crippen LogP contribution < -0.4 is 0 Å². The Morgan fingerprint density at radius 1 is 1.00 bits per heavy atom. The molecule has 0 amide bonds. The van der Waals surface area contributed by atoms with Crippen molar-refractivity contribution in [2.75, 3.05) is 20.3 Å². The van der Waals surface area contributed by atoms with E-state index in [2.05, 4.69) is 6.92 Å². The molecular formula is C37H58O13. The average molecular weight is 711 g/mol. The van der Waals surface area contributed by atoms with Gasteiger partial charge in [0.2, 0.25) is 5.79 Å². The van der Waals surface area contributed by atoms with Crippen LogP contribution in [0.1, 0.15) is 111 Å². The van der Waals surface area contributed by atoms with Crippen LogP contribution >= 0.6 is 0 Å². The van der Waals surface area contributed by atoms with Gasteiger partial charge in [0, 0.05) is 37.2 Å². The molecule has 4 heterocycles. The van der Waals surface area contributed by atoms with Crippen molar-refractivity contribution in [2.24, 2.45) is 5.41 Å². The van der Waals surface area contributed by atoms with E-state index in [-0.39, 0.29) is 56.0 Å². The fraction of sp³-hybridized carbons (Fsp3) is 0.811. The number of hydrogen-bond donors (Lipinski definition) is 3. The summed E-state index contributed by atoms with van der Waals surface area (Å²) in [5, 5.41) is 33.5. The molecule has 3 saturated heterocycles. The van der Waals surface area contributed by atoms with Crippen molar-refractivity contribution in [3.63, 3.8) is 0 Å². The maximum Gasteiger partial charge on any atom is 0.330 e. The van der Waals surface area contributed by atoms with Gasteiger partial charge in [0.25, 0.3) is 0 Å². The molecule has 4 rings (SSSR count). The number of methoxy groups -OCH3 is 1. The quantitative estimate of drug-likeness (QED) is 0.103. The van der Waals surface area contributed by atoms with Gasteiger partial charge in [-0.25, -0.2) is 4.79 Å². The predicted molar refractivity (Wildman–Crippen MR) is 179 cm³/mol. The number of carbonyl (C=O) groups is 3. The maximum absolute atomic E-state index is 13.2. The van der Waals surface area contributed by atoms with Crippen molar-refractivity contribution < 1.29 is 62.9 Å². The van der Waals surface area contributed by atoms with E-state index >= 15 is 0 Å². The third-order valence-electron chi connectivity index (χ3n) is 10.0.